The number of amides is 1. The predicted octanol–water partition coefficient (Wildman–Crippen LogP) is 8.72. The molecule has 7 atom stereocenters. The molecule has 53 heavy (non-hydrogen) atoms. The minimum Gasteiger partial charge on any atom is -0.394 e. The lowest BCUT2D eigenvalue weighted by atomic mass is 9.99. The van der Waals surface area contributed by atoms with Gasteiger partial charge in [0, 0.05) is 6.42 Å². The topological polar surface area (TPSA) is 149 Å². The summed E-state index contributed by atoms with van der Waals surface area (Å²) >= 11 is 0. The summed E-state index contributed by atoms with van der Waals surface area (Å²) in [6.07, 6.45) is 33.5. The van der Waals surface area contributed by atoms with Crippen LogP contribution in [-0.4, -0.2) is 87.5 Å². The Labute approximate surface area is 324 Å². The first-order chi connectivity index (χ1) is 25.8. The first-order valence-corrected chi connectivity index (χ1v) is 22.1. The van der Waals surface area contributed by atoms with Crippen molar-refractivity contribution in [3.8, 4) is 0 Å². The smallest absolute Gasteiger partial charge is 0.220 e. The fourth-order valence-electron chi connectivity index (χ4n) is 6.91. The predicted molar refractivity (Wildman–Crippen MR) is 217 cm³/mol. The van der Waals surface area contributed by atoms with Gasteiger partial charge < -0.3 is 40.3 Å². The van der Waals surface area contributed by atoms with E-state index in [0.717, 1.165) is 57.8 Å². The second kappa shape index (κ2) is 35.1. The Morgan fingerprint density at radius 3 is 1.53 bits per heavy atom. The van der Waals surface area contributed by atoms with Crippen LogP contribution in [-0.2, 0) is 14.3 Å². The summed E-state index contributed by atoms with van der Waals surface area (Å²) in [5, 5.41) is 54.1. The molecule has 0 aromatic rings. The van der Waals surface area contributed by atoms with Crippen LogP contribution >= 0.6 is 0 Å². The summed E-state index contributed by atoms with van der Waals surface area (Å²) < 4.78 is 11.2. The molecular weight excluding hydrogens is 670 g/mol. The van der Waals surface area contributed by atoms with Crippen LogP contribution in [0.5, 0.6) is 0 Å². The Kier molecular flexibility index (Phi) is 32.9. The van der Waals surface area contributed by atoms with Crippen molar-refractivity contribution < 1.29 is 39.8 Å². The number of nitrogens with one attached hydrogen (secondary N) is 1. The highest BCUT2D eigenvalue weighted by atomic mass is 16.7. The lowest BCUT2D eigenvalue weighted by molar-refractivity contribution is -0.302. The van der Waals surface area contributed by atoms with E-state index in [2.05, 4.69) is 31.3 Å². The molecule has 0 aromatic heterocycles. The van der Waals surface area contributed by atoms with Crippen LogP contribution in [0.3, 0.4) is 0 Å². The van der Waals surface area contributed by atoms with E-state index in [-0.39, 0.29) is 12.5 Å². The maximum absolute atomic E-state index is 12.9. The second-order valence-electron chi connectivity index (χ2n) is 15.5. The van der Waals surface area contributed by atoms with Crippen LogP contribution < -0.4 is 5.32 Å². The highest BCUT2D eigenvalue weighted by Crippen LogP contribution is 2.22. The Hall–Kier alpha value is -1.33. The number of rotatable bonds is 36. The molecule has 0 saturated carbocycles. The number of ether oxygens (including phenoxy) is 2. The van der Waals surface area contributed by atoms with E-state index >= 15 is 0 Å². The molecule has 0 bridgehead atoms. The van der Waals surface area contributed by atoms with E-state index in [1.807, 2.05) is 6.08 Å². The molecule has 0 aromatic carbocycles. The largest absolute Gasteiger partial charge is 0.394 e. The molecule has 1 aliphatic rings. The number of carbonyl (C=O) groups excluding carboxylic acids is 1. The van der Waals surface area contributed by atoms with Crippen molar-refractivity contribution in [2.75, 3.05) is 13.2 Å². The molecule has 7 unspecified atom stereocenters. The standard InChI is InChI=1S/C44H83NO8/c1-3-5-7-9-11-13-15-17-19-20-21-23-25-27-29-31-33-38(47)37(36-52-44-43(51)42(50)41(49)39(35-46)53-44)45-40(48)34-32-30-28-26-24-22-18-16-14-12-10-8-6-4-2/h16,18,31,33,37-39,41-44,46-47,49-51H,3-15,17,19-30,32,34-36H2,1-2H3,(H,45,48)/b18-16-,33-31+. The molecular formula is C44H83NO8. The quantitative estimate of drug-likeness (QED) is 0.0275. The first kappa shape index (κ1) is 49.7. The second-order valence-corrected chi connectivity index (χ2v) is 15.5. The van der Waals surface area contributed by atoms with Crippen molar-refractivity contribution in [1.82, 2.24) is 5.32 Å². The lowest BCUT2D eigenvalue weighted by Gasteiger charge is -2.40. The number of hydrogen-bond acceptors (Lipinski definition) is 8. The monoisotopic (exact) mass is 754 g/mol. The van der Waals surface area contributed by atoms with Crippen LogP contribution in [0.2, 0.25) is 0 Å². The molecule has 9 nitrogen and oxygen atoms in total. The van der Waals surface area contributed by atoms with E-state index in [1.54, 1.807) is 6.08 Å². The van der Waals surface area contributed by atoms with Crippen molar-refractivity contribution in [3.63, 3.8) is 0 Å². The normalized spacial score (nSPS) is 21.8. The van der Waals surface area contributed by atoms with Gasteiger partial charge in [-0.2, -0.15) is 0 Å². The van der Waals surface area contributed by atoms with Gasteiger partial charge in [0.05, 0.1) is 25.4 Å². The molecule has 1 heterocycles. The van der Waals surface area contributed by atoms with Gasteiger partial charge in [-0.1, -0.05) is 167 Å². The van der Waals surface area contributed by atoms with E-state index in [4.69, 9.17) is 9.47 Å². The van der Waals surface area contributed by atoms with E-state index in [0.29, 0.717) is 6.42 Å². The first-order valence-electron chi connectivity index (χ1n) is 22.1. The van der Waals surface area contributed by atoms with Gasteiger partial charge in [-0.15, -0.1) is 0 Å². The number of carbonyl (C=O) groups is 1. The fraction of sp³-hybridized carbons (Fsp3) is 0.886. The minimum atomic E-state index is -1.56. The van der Waals surface area contributed by atoms with Crippen molar-refractivity contribution in [3.05, 3.63) is 24.3 Å². The molecule has 1 rings (SSSR count). The summed E-state index contributed by atoms with van der Waals surface area (Å²) in [7, 11) is 0. The van der Waals surface area contributed by atoms with Crippen LogP contribution in [0, 0.1) is 0 Å². The summed E-state index contributed by atoms with van der Waals surface area (Å²) in [6, 6.07) is -0.805. The van der Waals surface area contributed by atoms with Gasteiger partial charge in [0.15, 0.2) is 6.29 Å². The van der Waals surface area contributed by atoms with Crippen LogP contribution in [0.4, 0.5) is 0 Å². The number of allylic oxidation sites excluding steroid dienone is 3. The van der Waals surface area contributed by atoms with Crippen molar-refractivity contribution in [1.29, 1.82) is 0 Å². The van der Waals surface area contributed by atoms with Gasteiger partial charge in [0.25, 0.3) is 0 Å². The number of aliphatic hydroxyl groups excluding tert-OH is 5. The van der Waals surface area contributed by atoms with Gasteiger partial charge in [0.1, 0.15) is 24.4 Å². The zero-order valence-electron chi connectivity index (χ0n) is 34.0. The molecule has 1 aliphatic heterocycles. The molecule has 0 radical (unpaired) electrons. The zero-order chi connectivity index (χ0) is 38.8. The molecule has 6 N–H and O–H groups in total. The van der Waals surface area contributed by atoms with E-state index < -0.39 is 49.5 Å². The number of hydrogen-bond donors (Lipinski definition) is 6. The van der Waals surface area contributed by atoms with Crippen LogP contribution in [0.25, 0.3) is 0 Å². The summed E-state index contributed by atoms with van der Waals surface area (Å²) in [5.41, 5.74) is 0. The number of aliphatic hydroxyl groups is 5. The Bertz CT molecular complexity index is 883. The third-order valence-corrected chi connectivity index (χ3v) is 10.5. The van der Waals surface area contributed by atoms with Crippen molar-refractivity contribution in [2.24, 2.45) is 0 Å². The Balaban J connectivity index is 2.40. The molecule has 0 spiro atoms. The zero-order valence-corrected chi connectivity index (χ0v) is 34.0. The third-order valence-electron chi connectivity index (χ3n) is 10.5. The van der Waals surface area contributed by atoms with Gasteiger partial charge >= 0.3 is 0 Å². The lowest BCUT2D eigenvalue weighted by Crippen LogP contribution is -2.60. The van der Waals surface area contributed by atoms with Gasteiger partial charge in [0.2, 0.25) is 5.91 Å². The average Bonchev–Trinajstić information content (AvgIpc) is 3.16. The van der Waals surface area contributed by atoms with E-state index in [9.17, 15) is 30.3 Å². The highest BCUT2D eigenvalue weighted by molar-refractivity contribution is 5.76. The molecule has 312 valence electrons. The maximum Gasteiger partial charge on any atom is 0.220 e. The summed E-state index contributed by atoms with van der Waals surface area (Å²) in [6.45, 7) is 3.75. The summed E-state index contributed by atoms with van der Waals surface area (Å²) in [5.74, 6) is -0.186. The molecule has 1 fully saturated rings. The molecule has 1 saturated heterocycles. The SMILES string of the molecule is CCCCCCC/C=C\CCCCCCCC(=O)NC(COC1OC(CO)C(O)C(O)C1O)C(O)/C=C/CCCCCCCCCCCCCCCC. The van der Waals surface area contributed by atoms with Crippen molar-refractivity contribution in [2.45, 2.75) is 236 Å². The van der Waals surface area contributed by atoms with E-state index in [1.165, 1.54) is 116 Å². The van der Waals surface area contributed by atoms with Crippen LogP contribution in [0.15, 0.2) is 24.3 Å². The minimum absolute atomic E-state index is 0.186. The fourth-order valence-corrected chi connectivity index (χ4v) is 6.91. The number of unbranched alkanes of at least 4 members (excludes halogenated alkanes) is 24. The summed E-state index contributed by atoms with van der Waals surface area (Å²) in [4.78, 5) is 12.9. The molecule has 1 amide bonds. The van der Waals surface area contributed by atoms with Crippen molar-refractivity contribution >= 4 is 5.91 Å². The maximum atomic E-state index is 12.9. The van der Waals surface area contributed by atoms with Gasteiger partial charge in [-0.05, 0) is 44.9 Å². The molecule has 0 aliphatic carbocycles. The van der Waals surface area contributed by atoms with Gasteiger partial charge in [-0.3, -0.25) is 4.79 Å². The highest BCUT2D eigenvalue weighted by Gasteiger charge is 2.44. The van der Waals surface area contributed by atoms with Crippen LogP contribution in [0.1, 0.15) is 194 Å². The van der Waals surface area contributed by atoms with Gasteiger partial charge in [-0.25, -0.2) is 0 Å². The Morgan fingerprint density at radius 1 is 0.623 bits per heavy atom. The molecule has 9 heteroatoms. The average molecular weight is 754 g/mol. The third kappa shape index (κ3) is 26.2. The Morgan fingerprint density at radius 2 is 1.06 bits per heavy atom.